The first kappa shape index (κ1) is 17.4. The highest BCUT2D eigenvalue weighted by Gasteiger charge is 2.16. The Hall–Kier alpha value is -0.620. The average Bonchev–Trinajstić information content (AvgIpc) is 2.37. The number of carbonyl (C=O) groups excluding carboxylic acids is 1. The van der Waals surface area contributed by atoms with Crippen LogP contribution in [-0.2, 0) is 4.79 Å². The summed E-state index contributed by atoms with van der Waals surface area (Å²) < 4.78 is 1.02. The molecule has 0 bridgehead atoms. The Kier molecular flexibility index (Phi) is 6.95. The van der Waals surface area contributed by atoms with Gasteiger partial charge in [-0.3, -0.25) is 9.69 Å². The summed E-state index contributed by atoms with van der Waals surface area (Å²) in [4.78, 5) is 16.5. The van der Waals surface area contributed by atoms with Crippen LogP contribution >= 0.6 is 15.9 Å². The fourth-order valence-corrected chi connectivity index (χ4v) is 2.46. The Morgan fingerprint density at radius 2 is 1.95 bits per heavy atom. The molecule has 1 heterocycles. The van der Waals surface area contributed by atoms with Crippen molar-refractivity contribution in [1.29, 1.82) is 0 Å². The third-order valence-corrected chi connectivity index (χ3v) is 4.27. The van der Waals surface area contributed by atoms with Crippen LogP contribution in [0.2, 0.25) is 0 Å². The lowest BCUT2D eigenvalue weighted by Gasteiger charge is -2.31. The van der Waals surface area contributed by atoms with Crippen LogP contribution in [0, 0.1) is 6.92 Å². The molecule has 4 nitrogen and oxygen atoms in total. The Balaban J connectivity index is 0.00000200. The lowest BCUT2D eigenvalue weighted by atomic mass is 10.2. The number of nitrogens with one attached hydrogen (secondary N) is 1. The van der Waals surface area contributed by atoms with Crippen LogP contribution in [0.3, 0.4) is 0 Å². The molecular formula is C14H20BrClN3O-. The van der Waals surface area contributed by atoms with Gasteiger partial charge in [0.2, 0.25) is 5.91 Å². The number of aryl methyl sites for hydroxylation is 1. The van der Waals surface area contributed by atoms with Gasteiger partial charge in [0.15, 0.2) is 0 Å². The second-order valence-electron chi connectivity index (χ2n) is 5.09. The van der Waals surface area contributed by atoms with E-state index in [1.807, 2.05) is 25.1 Å². The van der Waals surface area contributed by atoms with Gasteiger partial charge in [-0.15, -0.1) is 0 Å². The number of benzene rings is 1. The second-order valence-corrected chi connectivity index (χ2v) is 5.95. The molecule has 1 amide bonds. The van der Waals surface area contributed by atoms with Gasteiger partial charge in [0.05, 0.1) is 6.54 Å². The monoisotopic (exact) mass is 360 g/mol. The number of rotatable bonds is 3. The van der Waals surface area contributed by atoms with E-state index in [1.54, 1.807) is 0 Å². The molecule has 0 atom stereocenters. The van der Waals surface area contributed by atoms with Crippen molar-refractivity contribution in [2.75, 3.05) is 45.1 Å². The molecule has 0 unspecified atom stereocenters. The van der Waals surface area contributed by atoms with Crippen molar-refractivity contribution in [2.24, 2.45) is 0 Å². The van der Waals surface area contributed by atoms with Crippen LogP contribution in [0.1, 0.15) is 5.56 Å². The molecule has 1 N–H and O–H groups in total. The van der Waals surface area contributed by atoms with Crippen molar-refractivity contribution in [3.05, 3.63) is 28.2 Å². The molecule has 0 saturated carbocycles. The van der Waals surface area contributed by atoms with Crippen LogP contribution in [0.5, 0.6) is 0 Å². The number of likely N-dealkylation sites (N-methyl/N-ethyl adjacent to an activating group) is 1. The zero-order chi connectivity index (χ0) is 13.8. The Morgan fingerprint density at radius 3 is 2.55 bits per heavy atom. The molecule has 2 rings (SSSR count). The molecule has 112 valence electrons. The first-order valence-corrected chi connectivity index (χ1v) is 7.31. The third kappa shape index (κ3) is 5.05. The van der Waals surface area contributed by atoms with E-state index >= 15 is 0 Å². The molecule has 1 aliphatic heterocycles. The van der Waals surface area contributed by atoms with Gasteiger partial charge in [-0.25, -0.2) is 0 Å². The third-order valence-electron chi connectivity index (χ3n) is 3.42. The lowest BCUT2D eigenvalue weighted by Crippen LogP contribution is -3.00. The molecular weight excluding hydrogens is 342 g/mol. The number of hydrogen-bond acceptors (Lipinski definition) is 3. The number of nitrogens with zero attached hydrogens (tertiary/aromatic N) is 2. The summed E-state index contributed by atoms with van der Waals surface area (Å²) in [5.41, 5.74) is 2.01. The van der Waals surface area contributed by atoms with Gasteiger partial charge in [-0.2, -0.15) is 0 Å². The van der Waals surface area contributed by atoms with Gasteiger partial charge in [0.1, 0.15) is 0 Å². The van der Waals surface area contributed by atoms with E-state index < -0.39 is 0 Å². The number of amides is 1. The molecule has 1 aromatic rings. The summed E-state index contributed by atoms with van der Waals surface area (Å²) in [5.74, 6) is 0.0558. The second kappa shape index (κ2) is 7.98. The molecule has 0 radical (unpaired) electrons. The Bertz CT molecular complexity index is 462. The van der Waals surface area contributed by atoms with E-state index in [9.17, 15) is 4.79 Å². The van der Waals surface area contributed by atoms with E-state index in [4.69, 9.17) is 0 Å². The molecule has 1 aliphatic rings. The summed E-state index contributed by atoms with van der Waals surface area (Å²) >= 11 is 3.47. The van der Waals surface area contributed by atoms with Crippen LogP contribution < -0.4 is 17.7 Å². The minimum Gasteiger partial charge on any atom is -1.00 e. The van der Waals surface area contributed by atoms with Crippen molar-refractivity contribution in [3.63, 3.8) is 0 Å². The topological polar surface area (TPSA) is 35.6 Å². The predicted octanol–water partition coefficient (Wildman–Crippen LogP) is -1.05. The zero-order valence-electron chi connectivity index (χ0n) is 11.8. The molecule has 0 spiro atoms. The molecule has 0 aliphatic carbocycles. The number of hydrogen-bond donors (Lipinski definition) is 1. The van der Waals surface area contributed by atoms with E-state index in [0.717, 1.165) is 41.9 Å². The SMILES string of the molecule is Cc1ccc(NC(=O)CN2CCN(C)CC2)cc1Br.[Cl-]. The summed E-state index contributed by atoms with van der Waals surface area (Å²) in [6.07, 6.45) is 0. The van der Waals surface area contributed by atoms with Crippen LogP contribution in [0.15, 0.2) is 22.7 Å². The normalized spacial score (nSPS) is 16.6. The average molecular weight is 362 g/mol. The zero-order valence-corrected chi connectivity index (χ0v) is 14.2. The molecule has 6 heteroatoms. The number of anilines is 1. The van der Waals surface area contributed by atoms with Gasteiger partial charge in [-0.1, -0.05) is 22.0 Å². The van der Waals surface area contributed by atoms with Gasteiger partial charge in [-0.05, 0) is 31.7 Å². The highest BCUT2D eigenvalue weighted by molar-refractivity contribution is 9.10. The summed E-state index contributed by atoms with van der Waals surface area (Å²) in [7, 11) is 2.11. The lowest BCUT2D eigenvalue weighted by molar-refractivity contribution is -0.117. The first-order chi connectivity index (χ1) is 9.04. The first-order valence-electron chi connectivity index (χ1n) is 6.51. The standard InChI is InChI=1S/C14H20BrN3O.ClH/c1-11-3-4-12(9-13(11)15)16-14(19)10-18-7-5-17(2)6-8-18;/h3-4,9H,5-8,10H2,1-2H3,(H,16,19);1H/p-1. The van der Waals surface area contributed by atoms with Crippen LogP contribution in [0.4, 0.5) is 5.69 Å². The van der Waals surface area contributed by atoms with E-state index in [-0.39, 0.29) is 18.3 Å². The maximum Gasteiger partial charge on any atom is 0.238 e. The van der Waals surface area contributed by atoms with E-state index in [1.165, 1.54) is 0 Å². The largest absolute Gasteiger partial charge is 1.00 e. The minimum absolute atomic E-state index is 0. The predicted molar refractivity (Wildman–Crippen MR) is 81.4 cm³/mol. The summed E-state index contributed by atoms with van der Waals surface area (Å²) in [5, 5.41) is 2.94. The minimum atomic E-state index is 0. The molecule has 20 heavy (non-hydrogen) atoms. The Morgan fingerprint density at radius 1 is 1.30 bits per heavy atom. The highest BCUT2D eigenvalue weighted by atomic mass is 79.9. The van der Waals surface area contributed by atoms with Gasteiger partial charge >= 0.3 is 0 Å². The van der Waals surface area contributed by atoms with Gasteiger partial charge in [0, 0.05) is 36.3 Å². The number of halogens is 2. The maximum absolute atomic E-state index is 12.0. The summed E-state index contributed by atoms with van der Waals surface area (Å²) in [6, 6.07) is 5.87. The van der Waals surface area contributed by atoms with Crippen molar-refractivity contribution in [1.82, 2.24) is 9.80 Å². The van der Waals surface area contributed by atoms with Crippen molar-refractivity contribution in [2.45, 2.75) is 6.92 Å². The molecule has 1 saturated heterocycles. The Labute approximate surface area is 135 Å². The quantitative estimate of drug-likeness (QED) is 0.746. The maximum atomic E-state index is 12.0. The van der Waals surface area contributed by atoms with Gasteiger partial charge in [0.25, 0.3) is 0 Å². The fourth-order valence-electron chi connectivity index (χ4n) is 2.08. The highest BCUT2D eigenvalue weighted by Crippen LogP contribution is 2.20. The van der Waals surface area contributed by atoms with Crippen molar-refractivity contribution < 1.29 is 17.2 Å². The van der Waals surface area contributed by atoms with Gasteiger partial charge < -0.3 is 22.6 Å². The van der Waals surface area contributed by atoms with Crippen molar-refractivity contribution >= 4 is 27.5 Å². The smallest absolute Gasteiger partial charge is 0.238 e. The number of piperazine rings is 1. The van der Waals surface area contributed by atoms with Crippen LogP contribution in [-0.4, -0.2) is 55.5 Å². The fraction of sp³-hybridized carbons (Fsp3) is 0.500. The summed E-state index contributed by atoms with van der Waals surface area (Å²) in [6.45, 7) is 6.48. The molecule has 1 fully saturated rings. The molecule has 1 aromatic carbocycles. The van der Waals surface area contributed by atoms with Crippen LogP contribution in [0.25, 0.3) is 0 Å². The van der Waals surface area contributed by atoms with Crippen molar-refractivity contribution in [3.8, 4) is 0 Å². The van der Waals surface area contributed by atoms with E-state index in [2.05, 4.69) is 38.1 Å². The van der Waals surface area contributed by atoms with E-state index in [0.29, 0.717) is 6.54 Å². The number of carbonyl (C=O) groups is 1. The molecule has 0 aromatic heterocycles.